The summed E-state index contributed by atoms with van der Waals surface area (Å²) in [5.74, 6) is 1.96. The maximum absolute atomic E-state index is 11.8. The van der Waals surface area contributed by atoms with Crippen LogP contribution >= 0.6 is 0 Å². The standard InChI is InChI=1S/C14H16N2O2/c1-3-9-15-13(17)10-11(2)16-14(18)12-7-5-4-6-8-12/h1,4-8,11H,9-10H2,2H3,(H,15,17)(H,16,18). The van der Waals surface area contributed by atoms with E-state index in [9.17, 15) is 9.59 Å². The summed E-state index contributed by atoms with van der Waals surface area (Å²) in [5.41, 5.74) is 0.577. The minimum absolute atomic E-state index is 0.172. The van der Waals surface area contributed by atoms with Crippen LogP contribution in [0.2, 0.25) is 0 Å². The predicted octanol–water partition coefficient (Wildman–Crippen LogP) is 0.944. The van der Waals surface area contributed by atoms with Gasteiger partial charge in [-0.25, -0.2) is 0 Å². The Morgan fingerprint density at radius 2 is 2.00 bits per heavy atom. The van der Waals surface area contributed by atoms with E-state index in [-0.39, 0.29) is 30.8 Å². The summed E-state index contributed by atoms with van der Waals surface area (Å²) in [6.45, 7) is 1.98. The van der Waals surface area contributed by atoms with Gasteiger partial charge >= 0.3 is 0 Å². The second-order valence-electron chi connectivity index (χ2n) is 3.93. The largest absolute Gasteiger partial charge is 0.349 e. The lowest BCUT2D eigenvalue weighted by Gasteiger charge is -2.13. The number of hydrogen-bond acceptors (Lipinski definition) is 2. The normalized spacial score (nSPS) is 11.1. The van der Waals surface area contributed by atoms with Crippen molar-refractivity contribution in [2.45, 2.75) is 19.4 Å². The maximum atomic E-state index is 11.8. The molecule has 0 saturated carbocycles. The lowest BCUT2D eigenvalue weighted by Crippen LogP contribution is -2.37. The summed E-state index contributed by atoms with van der Waals surface area (Å²) in [5, 5.41) is 5.30. The van der Waals surface area contributed by atoms with E-state index in [4.69, 9.17) is 6.42 Å². The molecule has 4 nitrogen and oxygen atoms in total. The molecule has 0 aliphatic heterocycles. The fraction of sp³-hybridized carbons (Fsp3) is 0.286. The highest BCUT2D eigenvalue weighted by Gasteiger charge is 2.12. The van der Waals surface area contributed by atoms with Crippen molar-refractivity contribution >= 4 is 11.8 Å². The van der Waals surface area contributed by atoms with Gasteiger partial charge in [-0.1, -0.05) is 24.1 Å². The molecule has 2 amide bonds. The van der Waals surface area contributed by atoms with Crippen molar-refractivity contribution in [3.63, 3.8) is 0 Å². The van der Waals surface area contributed by atoms with E-state index in [1.54, 1.807) is 31.2 Å². The summed E-state index contributed by atoms with van der Waals surface area (Å²) < 4.78 is 0. The van der Waals surface area contributed by atoms with Crippen molar-refractivity contribution in [3.05, 3.63) is 35.9 Å². The van der Waals surface area contributed by atoms with Crippen LogP contribution in [0.4, 0.5) is 0 Å². The average Bonchev–Trinajstić information content (AvgIpc) is 2.37. The fourth-order valence-electron chi connectivity index (χ4n) is 1.45. The van der Waals surface area contributed by atoms with Gasteiger partial charge in [0.05, 0.1) is 6.54 Å². The van der Waals surface area contributed by atoms with Crippen LogP contribution in [-0.2, 0) is 4.79 Å². The van der Waals surface area contributed by atoms with Crippen molar-refractivity contribution in [3.8, 4) is 12.3 Å². The summed E-state index contributed by atoms with van der Waals surface area (Å²) in [4.78, 5) is 23.1. The first-order chi connectivity index (χ1) is 8.63. The highest BCUT2D eigenvalue weighted by Crippen LogP contribution is 2.00. The van der Waals surface area contributed by atoms with E-state index < -0.39 is 0 Å². The third-order valence-corrected chi connectivity index (χ3v) is 2.29. The van der Waals surface area contributed by atoms with E-state index in [0.717, 1.165) is 0 Å². The van der Waals surface area contributed by atoms with E-state index in [2.05, 4.69) is 16.6 Å². The van der Waals surface area contributed by atoms with Gasteiger partial charge in [-0.15, -0.1) is 6.42 Å². The molecular weight excluding hydrogens is 228 g/mol. The SMILES string of the molecule is C#CCNC(=O)CC(C)NC(=O)c1ccccc1. The molecule has 1 aromatic carbocycles. The third kappa shape index (κ3) is 4.71. The van der Waals surface area contributed by atoms with Crippen LogP contribution in [0.5, 0.6) is 0 Å². The Morgan fingerprint density at radius 1 is 1.33 bits per heavy atom. The smallest absolute Gasteiger partial charge is 0.251 e. The Kier molecular flexibility index (Phi) is 5.46. The third-order valence-electron chi connectivity index (χ3n) is 2.29. The molecule has 0 heterocycles. The van der Waals surface area contributed by atoms with Crippen molar-refractivity contribution in [1.29, 1.82) is 0 Å². The topological polar surface area (TPSA) is 58.2 Å². The van der Waals surface area contributed by atoms with Gasteiger partial charge in [-0.05, 0) is 19.1 Å². The summed E-state index contributed by atoms with van der Waals surface area (Å²) in [6.07, 6.45) is 5.24. The van der Waals surface area contributed by atoms with Gasteiger partial charge in [-0.2, -0.15) is 0 Å². The number of amides is 2. The van der Waals surface area contributed by atoms with Gasteiger partial charge in [0.1, 0.15) is 0 Å². The lowest BCUT2D eigenvalue weighted by atomic mass is 10.1. The van der Waals surface area contributed by atoms with Crippen molar-refractivity contribution in [2.24, 2.45) is 0 Å². The molecular formula is C14H16N2O2. The maximum Gasteiger partial charge on any atom is 0.251 e. The van der Waals surface area contributed by atoms with Gasteiger partial charge in [0.25, 0.3) is 5.91 Å². The summed E-state index contributed by atoms with van der Waals surface area (Å²) in [7, 11) is 0. The van der Waals surface area contributed by atoms with Crippen LogP contribution < -0.4 is 10.6 Å². The Labute approximate surface area is 107 Å². The Balaban J connectivity index is 2.41. The molecule has 0 fully saturated rings. The average molecular weight is 244 g/mol. The van der Waals surface area contributed by atoms with Crippen LogP contribution in [0.1, 0.15) is 23.7 Å². The molecule has 0 aromatic heterocycles. The van der Waals surface area contributed by atoms with Crippen LogP contribution in [0.25, 0.3) is 0 Å². The first-order valence-corrected chi connectivity index (χ1v) is 5.69. The Morgan fingerprint density at radius 3 is 2.61 bits per heavy atom. The summed E-state index contributed by atoms with van der Waals surface area (Å²) in [6, 6.07) is 8.63. The molecule has 0 spiro atoms. The first kappa shape index (κ1) is 13.8. The molecule has 2 N–H and O–H groups in total. The van der Waals surface area contributed by atoms with Gasteiger partial charge in [-0.3, -0.25) is 9.59 Å². The van der Waals surface area contributed by atoms with Gasteiger partial charge in [0, 0.05) is 18.0 Å². The number of benzene rings is 1. The molecule has 0 aliphatic rings. The second-order valence-corrected chi connectivity index (χ2v) is 3.93. The van der Waals surface area contributed by atoms with Gasteiger partial charge in [0.15, 0.2) is 0 Å². The molecule has 0 aliphatic carbocycles. The molecule has 0 bridgehead atoms. The van der Waals surface area contributed by atoms with E-state index in [1.807, 2.05) is 6.07 Å². The predicted molar refractivity (Wildman–Crippen MR) is 69.8 cm³/mol. The first-order valence-electron chi connectivity index (χ1n) is 5.69. The summed E-state index contributed by atoms with van der Waals surface area (Å²) >= 11 is 0. The number of carbonyl (C=O) groups excluding carboxylic acids is 2. The second kappa shape index (κ2) is 7.13. The molecule has 0 radical (unpaired) electrons. The quantitative estimate of drug-likeness (QED) is 0.757. The highest BCUT2D eigenvalue weighted by molar-refractivity contribution is 5.94. The zero-order chi connectivity index (χ0) is 13.4. The van der Waals surface area contributed by atoms with Crippen molar-refractivity contribution in [2.75, 3.05) is 6.54 Å². The number of carbonyl (C=O) groups is 2. The van der Waals surface area contributed by atoms with Crippen molar-refractivity contribution < 1.29 is 9.59 Å². The fourth-order valence-corrected chi connectivity index (χ4v) is 1.45. The number of terminal acetylenes is 1. The molecule has 1 unspecified atom stereocenters. The van der Waals surface area contributed by atoms with E-state index in [1.165, 1.54) is 0 Å². The van der Waals surface area contributed by atoms with Crippen LogP contribution in [-0.4, -0.2) is 24.4 Å². The lowest BCUT2D eigenvalue weighted by molar-refractivity contribution is -0.121. The number of nitrogens with one attached hydrogen (secondary N) is 2. The Bertz CT molecular complexity index is 449. The van der Waals surface area contributed by atoms with Gasteiger partial charge < -0.3 is 10.6 Å². The number of hydrogen-bond donors (Lipinski definition) is 2. The van der Waals surface area contributed by atoms with Crippen LogP contribution in [0, 0.1) is 12.3 Å². The molecule has 1 aromatic rings. The van der Waals surface area contributed by atoms with E-state index in [0.29, 0.717) is 5.56 Å². The zero-order valence-electron chi connectivity index (χ0n) is 10.3. The van der Waals surface area contributed by atoms with Gasteiger partial charge in [0.2, 0.25) is 5.91 Å². The number of rotatable bonds is 5. The van der Waals surface area contributed by atoms with Crippen LogP contribution in [0.3, 0.4) is 0 Å². The molecule has 0 saturated heterocycles. The van der Waals surface area contributed by atoms with Crippen molar-refractivity contribution in [1.82, 2.24) is 10.6 Å². The monoisotopic (exact) mass is 244 g/mol. The molecule has 18 heavy (non-hydrogen) atoms. The molecule has 1 rings (SSSR count). The minimum atomic E-state index is -0.240. The molecule has 4 heteroatoms. The van der Waals surface area contributed by atoms with Crippen LogP contribution in [0.15, 0.2) is 30.3 Å². The molecule has 1 atom stereocenters. The Hall–Kier alpha value is -2.28. The zero-order valence-corrected chi connectivity index (χ0v) is 10.3. The molecule has 94 valence electrons. The highest BCUT2D eigenvalue weighted by atomic mass is 16.2. The minimum Gasteiger partial charge on any atom is -0.349 e. The van der Waals surface area contributed by atoms with E-state index >= 15 is 0 Å².